The van der Waals surface area contributed by atoms with E-state index < -0.39 is 10.0 Å². The first-order valence-corrected chi connectivity index (χ1v) is 9.08. The van der Waals surface area contributed by atoms with Crippen LogP contribution in [0, 0.1) is 0 Å². The fourth-order valence-electron chi connectivity index (χ4n) is 1.91. The zero-order chi connectivity index (χ0) is 16.2. The molecular formula is C15H19NO4S2. The molecule has 0 atom stereocenters. The number of rotatable bonds is 7. The van der Waals surface area contributed by atoms with Gasteiger partial charge in [-0.25, -0.2) is 13.1 Å². The molecule has 7 heteroatoms. The molecule has 120 valence electrons. The summed E-state index contributed by atoms with van der Waals surface area (Å²) in [6.07, 6.45) is 0.827. The fourth-order valence-corrected chi connectivity index (χ4v) is 4.27. The van der Waals surface area contributed by atoms with Crippen molar-refractivity contribution in [3.05, 3.63) is 40.8 Å². The second-order valence-corrected chi connectivity index (χ2v) is 7.78. The molecule has 0 radical (unpaired) electrons. The van der Waals surface area contributed by atoms with E-state index in [9.17, 15) is 8.42 Å². The van der Waals surface area contributed by atoms with Crippen molar-refractivity contribution in [2.75, 3.05) is 14.2 Å². The highest BCUT2D eigenvalue weighted by Gasteiger charge is 2.16. The Morgan fingerprint density at radius 2 is 1.73 bits per heavy atom. The minimum atomic E-state index is -3.50. The number of methoxy groups -OCH3 is 2. The van der Waals surface area contributed by atoms with Crippen LogP contribution in [0.25, 0.3) is 0 Å². The van der Waals surface area contributed by atoms with Crippen LogP contribution in [0.5, 0.6) is 11.5 Å². The number of ether oxygens (including phenoxy) is 2. The van der Waals surface area contributed by atoms with Crippen molar-refractivity contribution in [1.29, 1.82) is 0 Å². The van der Waals surface area contributed by atoms with Gasteiger partial charge in [-0.05, 0) is 36.2 Å². The Labute approximate surface area is 134 Å². The van der Waals surface area contributed by atoms with Gasteiger partial charge in [0.15, 0.2) is 0 Å². The number of nitrogens with one attached hydrogen (secondary N) is 1. The molecule has 0 unspecified atom stereocenters. The van der Waals surface area contributed by atoms with Gasteiger partial charge < -0.3 is 9.47 Å². The summed E-state index contributed by atoms with van der Waals surface area (Å²) in [5, 5.41) is 0. The minimum absolute atomic E-state index is 0.176. The highest BCUT2D eigenvalue weighted by molar-refractivity contribution is 7.91. The van der Waals surface area contributed by atoms with Gasteiger partial charge in [-0.15, -0.1) is 11.3 Å². The lowest BCUT2D eigenvalue weighted by Crippen LogP contribution is -2.22. The highest BCUT2D eigenvalue weighted by Crippen LogP contribution is 2.24. The Balaban J connectivity index is 2.14. The van der Waals surface area contributed by atoms with Crippen molar-refractivity contribution in [3.8, 4) is 11.5 Å². The number of sulfonamides is 1. The van der Waals surface area contributed by atoms with E-state index in [1.54, 1.807) is 38.5 Å². The van der Waals surface area contributed by atoms with Crippen LogP contribution in [0.4, 0.5) is 0 Å². The van der Waals surface area contributed by atoms with Crippen LogP contribution in [-0.4, -0.2) is 22.6 Å². The Hall–Kier alpha value is -1.57. The van der Waals surface area contributed by atoms with Crippen LogP contribution in [0.2, 0.25) is 0 Å². The van der Waals surface area contributed by atoms with E-state index in [1.165, 1.54) is 11.3 Å². The molecule has 22 heavy (non-hydrogen) atoms. The number of hydrogen-bond donors (Lipinski definition) is 1. The largest absolute Gasteiger partial charge is 0.497 e. The standard InChI is InChI=1S/C15H19NO4S2/c1-4-14-5-6-15(21-14)22(17,18)16-10-11-7-12(19-2)9-13(8-11)20-3/h5-9,16H,4,10H2,1-3H3. The third kappa shape index (κ3) is 4.00. The predicted molar refractivity (Wildman–Crippen MR) is 87.3 cm³/mol. The average Bonchev–Trinajstić information content (AvgIpc) is 3.02. The summed E-state index contributed by atoms with van der Waals surface area (Å²) in [5.41, 5.74) is 0.770. The van der Waals surface area contributed by atoms with Crippen molar-refractivity contribution >= 4 is 21.4 Å². The molecule has 0 saturated carbocycles. The van der Waals surface area contributed by atoms with Gasteiger partial charge in [0.1, 0.15) is 15.7 Å². The minimum Gasteiger partial charge on any atom is -0.497 e. The summed E-state index contributed by atoms with van der Waals surface area (Å²) in [6.45, 7) is 2.17. The smallest absolute Gasteiger partial charge is 0.250 e. The maximum absolute atomic E-state index is 12.3. The summed E-state index contributed by atoms with van der Waals surface area (Å²) >= 11 is 1.29. The Morgan fingerprint density at radius 1 is 1.09 bits per heavy atom. The number of thiophene rings is 1. The Bertz CT molecular complexity index is 716. The lowest BCUT2D eigenvalue weighted by Gasteiger charge is -2.09. The quantitative estimate of drug-likeness (QED) is 0.841. The van der Waals surface area contributed by atoms with Crippen molar-refractivity contribution in [2.24, 2.45) is 0 Å². The summed E-state index contributed by atoms with van der Waals surface area (Å²) in [7, 11) is -0.388. The van der Waals surface area contributed by atoms with Gasteiger partial charge >= 0.3 is 0 Å². The molecule has 0 aliphatic rings. The molecule has 0 spiro atoms. The Kier molecular flexibility index (Phi) is 5.44. The van der Waals surface area contributed by atoms with E-state index in [2.05, 4.69) is 4.72 Å². The molecule has 0 bridgehead atoms. The van der Waals surface area contributed by atoms with E-state index in [-0.39, 0.29) is 6.54 Å². The summed E-state index contributed by atoms with van der Waals surface area (Å²) in [6, 6.07) is 8.77. The highest BCUT2D eigenvalue weighted by atomic mass is 32.2. The van der Waals surface area contributed by atoms with Gasteiger partial charge in [0, 0.05) is 17.5 Å². The van der Waals surface area contributed by atoms with Gasteiger partial charge in [0.05, 0.1) is 14.2 Å². The van der Waals surface area contributed by atoms with Crippen molar-refractivity contribution in [1.82, 2.24) is 4.72 Å². The molecule has 2 rings (SSSR count). The number of aryl methyl sites for hydroxylation is 1. The molecule has 0 fully saturated rings. The molecular weight excluding hydrogens is 322 g/mol. The molecule has 1 aromatic carbocycles. The maximum Gasteiger partial charge on any atom is 0.250 e. The molecule has 0 saturated heterocycles. The number of hydrogen-bond acceptors (Lipinski definition) is 5. The van der Waals surface area contributed by atoms with E-state index in [0.29, 0.717) is 15.7 Å². The van der Waals surface area contributed by atoms with Gasteiger partial charge in [0.25, 0.3) is 0 Å². The van der Waals surface area contributed by atoms with E-state index in [4.69, 9.17) is 9.47 Å². The third-order valence-corrected chi connectivity index (χ3v) is 6.25. The predicted octanol–water partition coefficient (Wildman–Crippen LogP) is 2.81. The molecule has 5 nitrogen and oxygen atoms in total. The first-order chi connectivity index (χ1) is 10.5. The normalized spacial score (nSPS) is 11.4. The lowest BCUT2D eigenvalue weighted by atomic mass is 10.2. The van der Waals surface area contributed by atoms with Crippen molar-refractivity contribution in [3.63, 3.8) is 0 Å². The molecule has 0 aliphatic heterocycles. The first kappa shape index (κ1) is 16.8. The molecule has 1 N–H and O–H groups in total. The van der Waals surface area contributed by atoms with Crippen molar-refractivity contribution in [2.45, 2.75) is 24.1 Å². The van der Waals surface area contributed by atoms with Crippen molar-refractivity contribution < 1.29 is 17.9 Å². The summed E-state index contributed by atoms with van der Waals surface area (Å²) in [5.74, 6) is 1.25. The van der Waals surface area contributed by atoms with Gasteiger partial charge in [-0.1, -0.05) is 6.92 Å². The van der Waals surface area contributed by atoms with Crippen LogP contribution < -0.4 is 14.2 Å². The second-order valence-electron chi connectivity index (χ2n) is 4.62. The van der Waals surface area contributed by atoms with Crippen LogP contribution in [0.3, 0.4) is 0 Å². The summed E-state index contributed by atoms with van der Waals surface area (Å²) < 4.78 is 37.9. The SMILES string of the molecule is CCc1ccc(S(=O)(=O)NCc2cc(OC)cc(OC)c2)s1. The second kappa shape index (κ2) is 7.13. The molecule has 1 aromatic heterocycles. The van der Waals surface area contributed by atoms with E-state index >= 15 is 0 Å². The van der Waals surface area contributed by atoms with Gasteiger partial charge in [0.2, 0.25) is 10.0 Å². The van der Waals surface area contributed by atoms with Gasteiger partial charge in [-0.2, -0.15) is 0 Å². The monoisotopic (exact) mass is 341 g/mol. The zero-order valence-electron chi connectivity index (χ0n) is 12.8. The van der Waals surface area contributed by atoms with Crippen LogP contribution >= 0.6 is 11.3 Å². The topological polar surface area (TPSA) is 64.6 Å². The van der Waals surface area contributed by atoms with Crippen LogP contribution in [0.15, 0.2) is 34.5 Å². The molecule has 0 aliphatic carbocycles. The maximum atomic E-state index is 12.3. The first-order valence-electron chi connectivity index (χ1n) is 6.79. The third-order valence-electron chi connectivity index (χ3n) is 3.13. The van der Waals surface area contributed by atoms with Crippen LogP contribution in [-0.2, 0) is 23.0 Å². The number of benzene rings is 1. The van der Waals surface area contributed by atoms with Crippen LogP contribution in [0.1, 0.15) is 17.4 Å². The fraction of sp³-hybridized carbons (Fsp3) is 0.333. The lowest BCUT2D eigenvalue weighted by molar-refractivity contribution is 0.393. The Morgan fingerprint density at radius 3 is 2.23 bits per heavy atom. The molecule has 1 heterocycles. The zero-order valence-corrected chi connectivity index (χ0v) is 14.4. The van der Waals surface area contributed by atoms with E-state index in [0.717, 1.165) is 16.9 Å². The molecule has 0 amide bonds. The van der Waals surface area contributed by atoms with E-state index in [1.807, 2.05) is 13.0 Å². The van der Waals surface area contributed by atoms with Gasteiger partial charge in [-0.3, -0.25) is 0 Å². The molecule has 2 aromatic rings. The average molecular weight is 341 g/mol. The summed E-state index contributed by atoms with van der Waals surface area (Å²) in [4.78, 5) is 1.04.